The molecule has 0 radical (unpaired) electrons. The minimum atomic E-state index is -4.18. The second kappa shape index (κ2) is 3.97. The van der Waals surface area contributed by atoms with Gasteiger partial charge in [-0.05, 0) is 23.3 Å². The molecule has 2 rings (SSSR count). The molecule has 0 saturated carbocycles. The summed E-state index contributed by atoms with van der Waals surface area (Å²) in [5.74, 6) is -8.27. The highest BCUT2D eigenvalue weighted by molar-refractivity contribution is 5.89. The Bertz CT molecular complexity index is 582. The fraction of sp³-hybridized carbons (Fsp3) is 0.286. The number of halogens is 4. The van der Waals surface area contributed by atoms with Gasteiger partial charge in [-0.2, -0.15) is 17.6 Å². The fourth-order valence-electron chi connectivity index (χ4n) is 1.96. The van der Waals surface area contributed by atoms with Crippen LogP contribution >= 0.6 is 0 Å². The van der Waals surface area contributed by atoms with E-state index in [9.17, 15) is 17.6 Å². The van der Waals surface area contributed by atoms with Crippen molar-refractivity contribution in [1.82, 2.24) is 0 Å². The molecule has 0 aromatic heterocycles. The maximum Gasteiger partial charge on any atom is 0.335 e. The molecular formula is C14H12F4. The highest BCUT2D eigenvalue weighted by atomic mass is 19.3. The molecule has 2 aromatic carbocycles. The predicted molar refractivity (Wildman–Crippen MR) is 63.2 cm³/mol. The Morgan fingerprint density at radius 2 is 1.39 bits per heavy atom. The SMILES string of the molecule is Cc1ccc(C(F)(F)C(C)(F)F)c2ccccc12. The summed E-state index contributed by atoms with van der Waals surface area (Å²) in [6.45, 7) is 2.00. The van der Waals surface area contributed by atoms with Crippen LogP contribution in [0.15, 0.2) is 36.4 Å². The van der Waals surface area contributed by atoms with Gasteiger partial charge in [0.15, 0.2) is 0 Å². The van der Waals surface area contributed by atoms with Crippen LogP contribution in [0.2, 0.25) is 0 Å². The van der Waals surface area contributed by atoms with Crippen LogP contribution in [0.3, 0.4) is 0 Å². The van der Waals surface area contributed by atoms with Crippen molar-refractivity contribution in [2.75, 3.05) is 0 Å². The van der Waals surface area contributed by atoms with Crippen molar-refractivity contribution in [3.05, 3.63) is 47.5 Å². The average Bonchev–Trinajstić information content (AvgIpc) is 2.28. The first-order valence-electron chi connectivity index (χ1n) is 5.49. The van der Waals surface area contributed by atoms with E-state index in [2.05, 4.69) is 0 Å². The molecule has 0 aliphatic heterocycles. The van der Waals surface area contributed by atoms with E-state index in [0.29, 0.717) is 5.39 Å². The molecule has 0 unspecified atom stereocenters. The van der Waals surface area contributed by atoms with E-state index in [1.54, 1.807) is 25.1 Å². The van der Waals surface area contributed by atoms with Crippen molar-refractivity contribution in [2.24, 2.45) is 0 Å². The molecule has 0 aliphatic rings. The van der Waals surface area contributed by atoms with Crippen molar-refractivity contribution >= 4 is 10.8 Å². The van der Waals surface area contributed by atoms with Crippen LogP contribution in [0, 0.1) is 6.92 Å². The molecule has 18 heavy (non-hydrogen) atoms. The maximum atomic E-state index is 13.8. The van der Waals surface area contributed by atoms with Gasteiger partial charge in [-0.3, -0.25) is 0 Å². The number of hydrogen-bond acceptors (Lipinski definition) is 0. The first kappa shape index (κ1) is 12.9. The summed E-state index contributed by atoms with van der Waals surface area (Å²) in [5, 5.41) is 0.739. The van der Waals surface area contributed by atoms with E-state index in [1.807, 2.05) is 0 Å². The van der Waals surface area contributed by atoms with Gasteiger partial charge >= 0.3 is 11.8 Å². The van der Waals surface area contributed by atoms with Crippen LogP contribution < -0.4 is 0 Å². The highest BCUT2D eigenvalue weighted by Gasteiger charge is 2.54. The third-order valence-electron chi connectivity index (χ3n) is 3.03. The molecule has 0 fully saturated rings. The topological polar surface area (TPSA) is 0 Å². The van der Waals surface area contributed by atoms with Gasteiger partial charge in [-0.25, -0.2) is 0 Å². The molecule has 96 valence electrons. The van der Waals surface area contributed by atoms with Crippen LogP contribution in [-0.4, -0.2) is 5.92 Å². The van der Waals surface area contributed by atoms with Gasteiger partial charge in [-0.1, -0.05) is 36.4 Å². The minimum absolute atomic E-state index is 0.170. The first-order chi connectivity index (χ1) is 8.25. The number of fused-ring (bicyclic) bond motifs is 1. The molecular weight excluding hydrogens is 244 g/mol. The van der Waals surface area contributed by atoms with Crippen molar-refractivity contribution in [2.45, 2.75) is 25.7 Å². The summed E-state index contributed by atoms with van der Waals surface area (Å²) in [5.41, 5.74) is 0.153. The number of rotatable bonds is 2. The molecule has 0 heterocycles. The van der Waals surface area contributed by atoms with E-state index in [-0.39, 0.29) is 12.3 Å². The summed E-state index contributed by atoms with van der Waals surface area (Å²) in [6.07, 6.45) is 0. The molecule has 0 atom stereocenters. The Balaban J connectivity index is 2.78. The molecule has 2 aromatic rings. The lowest BCUT2D eigenvalue weighted by Crippen LogP contribution is -2.35. The van der Waals surface area contributed by atoms with Crippen LogP contribution in [0.25, 0.3) is 10.8 Å². The van der Waals surface area contributed by atoms with Gasteiger partial charge in [0.2, 0.25) is 0 Å². The van der Waals surface area contributed by atoms with Crippen molar-refractivity contribution in [3.8, 4) is 0 Å². The van der Waals surface area contributed by atoms with E-state index >= 15 is 0 Å². The quantitative estimate of drug-likeness (QED) is 0.671. The van der Waals surface area contributed by atoms with Crippen molar-refractivity contribution in [1.29, 1.82) is 0 Å². The third kappa shape index (κ3) is 1.85. The predicted octanol–water partition coefficient (Wildman–Crippen LogP) is 4.90. The zero-order valence-corrected chi connectivity index (χ0v) is 9.98. The highest BCUT2D eigenvalue weighted by Crippen LogP contribution is 2.45. The summed E-state index contributed by atoms with van der Waals surface area (Å²) in [4.78, 5) is 0. The van der Waals surface area contributed by atoms with Crippen molar-refractivity contribution in [3.63, 3.8) is 0 Å². The molecule has 0 saturated heterocycles. The van der Waals surface area contributed by atoms with E-state index in [4.69, 9.17) is 0 Å². The largest absolute Gasteiger partial charge is 0.335 e. The zero-order chi connectivity index (χ0) is 13.6. The summed E-state index contributed by atoms with van der Waals surface area (Å²) in [6, 6.07) is 8.87. The zero-order valence-electron chi connectivity index (χ0n) is 9.98. The normalized spacial score (nSPS) is 13.0. The van der Waals surface area contributed by atoms with E-state index in [0.717, 1.165) is 11.6 Å². The summed E-state index contributed by atoms with van der Waals surface area (Å²) >= 11 is 0. The van der Waals surface area contributed by atoms with Crippen LogP contribution in [0.1, 0.15) is 18.1 Å². The smallest absolute Gasteiger partial charge is 0.200 e. The Labute approximate surface area is 102 Å². The Kier molecular flexibility index (Phi) is 2.84. The van der Waals surface area contributed by atoms with Gasteiger partial charge in [-0.15, -0.1) is 0 Å². The molecule has 0 N–H and O–H groups in total. The molecule has 0 bridgehead atoms. The third-order valence-corrected chi connectivity index (χ3v) is 3.03. The van der Waals surface area contributed by atoms with E-state index in [1.165, 1.54) is 12.1 Å². The molecule has 0 aliphatic carbocycles. The number of alkyl halides is 4. The lowest BCUT2D eigenvalue weighted by atomic mass is 9.94. The fourth-order valence-corrected chi connectivity index (χ4v) is 1.96. The molecule has 4 heteroatoms. The average molecular weight is 256 g/mol. The van der Waals surface area contributed by atoms with Crippen LogP contribution in [-0.2, 0) is 5.92 Å². The number of benzene rings is 2. The Morgan fingerprint density at radius 3 is 1.94 bits per heavy atom. The number of hydrogen-bond donors (Lipinski definition) is 0. The van der Waals surface area contributed by atoms with Gasteiger partial charge < -0.3 is 0 Å². The standard InChI is InChI=1S/C14H12F4/c1-9-7-8-12(14(17,18)13(2,15)16)11-6-4-3-5-10(9)11/h3-8H,1-2H3. The first-order valence-corrected chi connectivity index (χ1v) is 5.49. The van der Waals surface area contributed by atoms with Gasteiger partial charge in [0.1, 0.15) is 0 Å². The van der Waals surface area contributed by atoms with Crippen LogP contribution in [0.5, 0.6) is 0 Å². The second-order valence-corrected chi connectivity index (χ2v) is 4.44. The summed E-state index contributed by atoms with van der Waals surface area (Å²) in [7, 11) is 0. The lowest BCUT2D eigenvalue weighted by molar-refractivity contribution is -0.204. The minimum Gasteiger partial charge on any atom is -0.200 e. The van der Waals surface area contributed by atoms with Gasteiger partial charge in [0.25, 0.3) is 0 Å². The second-order valence-electron chi connectivity index (χ2n) is 4.44. The lowest BCUT2D eigenvalue weighted by Gasteiger charge is -2.25. The Morgan fingerprint density at radius 1 is 0.833 bits per heavy atom. The molecule has 0 spiro atoms. The van der Waals surface area contributed by atoms with Crippen LogP contribution in [0.4, 0.5) is 17.6 Å². The number of aryl methyl sites for hydroxylation is 1. The summed E-state index contributed by atoms with van der Waals surface area (Å²) < 4.78 is 53.7. The van der Waals surface area contributed by atoms with E-state index < -0.39 is 17.4 Å². The monoisotopic (exact) mass is 256 g/mol. The van der Waals surface area contributed by atoms with Gasteiger partial charge in [0.05, 0.1) is 0 Å². The molecule has 0 amide bonds. The molecule has 0 nitrogen and oxygen atoms in total. The van der Waals surface area contributed by atoms with Crippen molar-refractivity contribution < 1.29 is 17.6 Å². The van der Waals surface area contributed by atoms with Gasteiger partial charge in [0, 0.05) is 12.5 Å². The maximum absolute atomic E-state index is 13.8. The Hall–Kier alpha value is -1.58.